The molecule has 4 aromatic rings. The van der Waals surface area contributed by atoms with Gasteiger partial charge in [-0.3, -0.25) is 19.3 Å². The zero-order valence-corrected chi connectivity index (χ0v) is 17.9. The number of thioether (sulfide) groups is 1. The van der Waals surface area contributed by atoms with Crippen LogP contribution in [-0.2, 0) is 4.79 Å². The third kappa shape index (κ3) is 4.30. The maximum absolute atomic E-state index is 13.4. The zero-order chi connectivity index (χ0) is 22.8. The fraction of sp³-hybridized carbons (Fsp3) is 0.100. The average molecular weight is 478 g/mol. The summed E-state index contributed by atoms with van der Waals surface area (Å²) in [5, 5.41) is 9.70. The molecule has 0 spiro atoms. The first-order valence-corrected chi connectivity index (χ1v) is 10.4. The van der Waals surface area contributed by atoms with Crippen LogP contribution in [0.25, 0.3) is 16.7 Å². The van der Waals surface area contributed by atoms with E-state index in [9.17, 15) is 18.4 Å². The minimum atomic E-state index is -1.08. The second kappa shape index (κ2) is 8.97. The third-order valence-corrected chi connectivity index (χ3v) is 5.61. The zero-order valence-electron chi connectivity index (χ0n) is 16.4. The van der Waals surface area contributed by atoms with Crippen LogP contribution in [0, 0.1) is 11.6 Å². The number of fused-ring (bicyclic) bond motifs is 1. The summed E-state index contributed by atoms with van der Waals surface area (Å²) in [7, 11) is 1.47. The highest BCUT2D eigenvalue weighted by Crippen LogP contribution is 2.28. The fourth-order valence-corrected chi connectivity index (χ4v) is 3.95. The molecule has 2 aromatic carbocycles. The summed E-state index contributed by atoms with van der Waals surface area (Å²) in [6.45, 7) is 0. The molecule has 0 aliphatic heterocycles. The molecule has 4 rings (SSSR count). The van der Waals surface area contributed by atoms with Crippen molar-refractivity contribution in [1.82, 2.24) is 19.7 Å². The average Bonchev–Trinajstić information content (AvgIpc) is 3.24. The number of benzene rings is 2. The highest BCUT2D eigenvalue weighted by molar-refractivity contribution is 7.99. The molecule has 2 N–H and O–H groups in total. The van der Waals surface area contributed by atoms with Gasteiger partial charge >= 0.3 is 0 Å². The number of anilines is 1. The van der Waals surface area contributed by atoms with Gasteiger partial charge in [-0.15, -0.1) is 0 Å². The molecule has 8 nitrogen and oxygen atoms in total. The van der Waals surface area contributed by atoms with E-state index < -0.39 is 23.1 Å². The van der Waals surface area contributed by atoms with E-state index >= 15 is 0 Å². The van der Waals surface area contributed by atoms with Gasteiger partial charge in [0.25, 0.3) is 5.56 Å². The van der Waals surface area contributed by atoms with Crippen LogP contribution in [0.15, 0.2) is 52.5 Å². The Morgan fingerprint density at radius 3 is 2.78 bits per heavy atom. The summed E-state index contributed by atoms with van der Waals surface area (Å²) in [6.07, 6.45) is 1.36. The van der Waals surface area contributed by atoms with Crippen molar-refractivity contribution in [3.8, 4) is 11.4 Å². The SMILES string of the molecule is COc1ccc(-n2c(SCC(=O)Nc3ccc(F)c(F)c3)nc3[nH]ncc3c2=O)cc1Cl. The van der Waals surface area contributed by atoms with Crippen molar-refractivity contribution >= 4 is 46.0 Å². The molecular formula is C20H14ClF2N5O3S. The normalized spacial score (nSPS) is 11.0. The number of H-pyrrole nitrogens is 1. The van der Waals surface area contributed by atoms with E-state index in [0.29, 0.717) is 11.4 Å². The Balaban J connectivity index is 1.65. The minimum Gasteiger partial charge on any atom is -0.495 e. The van der Waals surface area contributed by atoms with E-state index in [1.807, 2.05) is 0 Å². The van der Waals surface area contributed by atoms with Gasteiger partial charge in [-0.2, -0.15) is 5.10 Å². The molecule has 12 heteroatoms. The number of methoxy groups -OCH3 is 1. The number of aromatic nitrogens is 4. The Morgan fingerprint density at radius 1 is 1.25 bits per heavy atom. The molecule has 0 saturated carbocycles. The van der Waals surface area contributed by atoms with E-state index in [0.717, 1.165) is 23.9 Å². The smallest absolute Gasteiger partial charge is 0.269 e. The van der Waals surface area contributed by atoms with E-state index in [1.165, 1.54) is 23.9 Å². The Bertz CT molecular complexity index is 1390. The van der Waals surface area contributed by atoms with Gasteiger partial charge in [0.2, 0.25) is 5.91 Å². The summed E-state index contributed by atoms with van der Waals surface area (Å²) in [5.41, 5.74) is 0.369. The van der Waals surface area contributed by atoms with E-state index in [2.05, 4.69) is 20.5 Å². The monoisotopic (exact) mass is 477 g/mol. The van der Waals surface area contributed by atoms with Crippen LogP contribution >= 0.6 is 23.4 Å². The van der Waals surface area contributed by atoms with E-state index in [1.54, 1.807) is 18.2 Å². The number of hydrogen-bond acceptors (Lipinski definition) is 6. The molecule has 0 aliphatic rings. The third-order valence-electron chi connectivity index (χ3n) is 4.38. The molecular weight excluding hydrogens is 464 g/mol. The summed E-state index contributed by atoms with van der Waals surface area (Å²) >= 11 is 7.19. The summed E-state index contributed by atoms with van der Waals surface area (Å²) in [6, 6.07) is 7.81. The van der Waals surface area contributed by atoms with Gasteiger partial charge < -0.3 is 10.1 Å². The van der Waals surface area contributed by atoms with Gasteiger partial charge in [0.15, 0.2) is 22.4 Å². The van der Waals surface area contributed by atoms with Crippen molar-refractivity contribution in [2.75, 3.05) is 18.2 Å². The standard InChI is InChI=1S/C20H14ClF2N5O3S/c1-31-16-5-3-11(7-13(16)21)28-19(30)12-8-24-27-18(12)26-20(28)32-9-17(29)25-10-2-4-14(22)15(23)6-10/h2-8H,9H2,1H3,(H,24,27)(H,25,29). The predicted molar refractivity (Wildman–Crippen MR) is 117 cm³/mol. The second-order valence-corrected chi connectivity index (χ2v) is 7.80. The van der Waals surface area contributed by atoms with Gasteiger partial charge in [0.1, 0.15) is 11.1 Å². The molecule has 0 unspecified atom stereocenters. The minimum absolute atomic E-state index is 0.103. The number of rotatable bonds is 6. The molecule has 0 atom stereocenters. The summed E-state index contributed by atoms with van der Waals surface area (Å²) in [5.74, 6) is -2.32. The van der Waals surface area contributed by atoms with Crippen LogP contribution in [0.5, 0.6) is 5.75 Å². The van der Waals surface area contributed by atoms with Gasteiger partial charge in [-0.05, 0) is 30.3 Å². The second-order valence-electron chi connectivity index (χ2n) is 6.45. The van der Waals surface area contributed by atoms with Crippen LogP contribution in [0.3, 0.4) is 0 Å². The fourth-order valence-electron chi connectivity index (χ4n) is 2.89. The number of carbonyl (C=O) groups excluding carboxylic acids is 1. The topological polar surface area (TPSA) is 102 Å². The first-order valence-electron chi connectivity index (χ1n) is 9.05. The quantitative estimate of drug-likeness (QED) is 0.324. The molecule has 32 heavy (non-hydrogen) atoms. The van der Waals surface area contributed by atoms with Crippen molar-refractivity contribution in [3.05, 3.63) is 69.6 Å². The van der Waals surface area contributed by atoms with Gasteiger partial charge in [-0.1, -0.05) is 23.4 Å². The highest BCUT2D eigenvalue weighted by Gasteiger charge is 2.17. The first kappa shape index (κ1) is 21.8. The van der Waals surface area contributed by atoms with Crippen molar-refractivity contribution in [3.63, 3.8) is 0 Å². The number of amides is 1. The molecule has 2 heterocycles. The van der Waals surface area contributed by atoms with Crippen LogP contribution in [0.2, 0.25) is 5.02 Å². The molecule has 0 radical (unpaired) electrons. The maximum Gasteiger partial charge on any atom is 0.269 e. The van der Waals surface area contributed by atoms with Crippen LogP contribution in [0.1, 0.15) is 0 Å². The van der Waals surface area contributed by atoms with Gasteiger partial charge in [0, 0.05) is 11.8 Å². The Hall–Kier alpha value is -3.44. The summed E-state index contributed by atoms with van der Waals surface area (Å²) in [4.78, 5) is 29.8. The lowest BCUT2D eigenvalue weighted by Gasteiger charge is -2.13. The lowest BCUT2D eigenvalue weighted by Crippen LogP contribution is -2.22. The van der Waals surface area contributed by atoms with Crippen LogP contribution < -0.4 is 15.6 Å². The number of carbonyl (C=O) groups is 1. The number of ether oxygens (including phenoxy) is 1. The van der Waals surface area contributed by atoms with Crippen molar-refractivity contribution < 1.29 is 18.3 Å². The molecule has 0 bridgehead atoms. The molecule has 0 fully saturated rings. The number of hydrogen-bond donors (Lipinski definition) is 2. The Kier molecular flexibility index (Phi) is 6.10. The molecule has 0 saturated heterocycles. The predicted octanol–water partition coefficient (Wildman–Crippen LogP) is 3.78. The Labute approximate surface area is 188 Å². The summed E-state index contributed by atoms with van der Waals surface area (Å²) < 4.78 is 32.9. The Morgan fingerprint density at radius 2 is 2.06 bits per heavy atom. The molecule has 2 aromatic heterocycles. The highest BCUT2D eigenvalue weighted by atomic mass is 35.5. The lowest BCUT2D eigenvalue weighted by atomic mass is 10.3. The lowest BCUT2D eigenvalue weighted by molar-refractivity contribution is -0.113. The number of halogens is 3. The molecule has 0 aliphatic carbocycles. The van der Waals surface area contributed by atoms with E-state index in [-0.39, 0.29) is 32.7 Å². The van der Waals surface area contributed by atoms with Crippen molar-refractivity contribution in [2.45, 2.75) is 5.16 Å². The van der Waals surface area contributed by atoms with Crippen LogP contribution in [0.4, 0.5) is 14.5 Å². The first-order chi connectivity index (χ1) is 15.4. The van der Waals surface area contributed by atoms with Crippen molar-refractivity contribution in [2.24, 2.45) is 0 Å². The largest absolute Gasteiger partial charge is 0.495 e. The van der Waals surface area contributed by atoms with Crippen LogP contribution in [-0.4, -0.2) is 38.5 Å². The molecule has 1 amide bonds. The van der Waals surface area contributed by atoms with Crippen molar-refractivity contribution in [1.29, 1.82) is 0 Å². The number of aromatic amines is 1. The van der Waals surface area contributed by atoms with Gasteiger partial charge in [-0.25, -0.2) is 13.8 Å². The number of nitrogens with one attached hydrogen (secondary N) is 2. The van der Waals surface area contributed by atoms with E-state index in [4.69, 9.17) is 16.3 Å². The number of nitrogens with zero attached hydrogens (tertiary/aromatic N) is 3. The maximum atomic E-state index is 13.4. The van der Waals surface area contributed by atoms with Gasteiger partial charge in [0.05, 0.1) is 29.8 Å². The molecule has 164 valence electrons.